The fourth-order valence-corrected chi connectivity index (χ4v) is 3.94. The number of nitrogens with zero attached hydrogens (tertiary/aromatic N) is 1. The summed E-state index contributed by atoms with van der Waals surface area (Å²) >= 11 is 3.56. The Kier molecular flexibility index (Phi) is 3.01. The molecule has 110 valence electrons. The van der Waals surface area contributed by atoms with Gasteiger partial charge in [0.1, 0.15) is 0 Å². The third-order valence-corrected chi connectivity index (χ3v) is 5.13. The van der Waals surface area contributed by atoms with Crippen molar-refractivity contribution in [3.63, 3.8) is 0 Å². The molecule has 0 N–H and O–H groups in total. The molecule has 2 aliphatic heterocycles. The summed E-state index contributed by atoms with van der Waals surface area (Å²) < 4.78 is 1.03. The summed E-state index contributed by atoms with van der Waals surface area (Å²) in [6.45, 7) is 2.16. The molecule has 0 aromatic heterocycles. The standard InChI is InChI=1S/C19H16BrNO/c1-19-10-9-18(22)21(19)17-8-7-14(20)11-15(17)16(12-19)13-5-3-2-4-6-13/h2-8,11-12H,9-10H2,1H3. The van der Waals surface area contributed by atoms with E-state index in [2.05, 4.69) is 65.3 Å². The monoisotopic (exact) mass is 353 g/mol. The van der Waals surface area contributed by atoms with E-state index in [1.165, 1.54) is 11.1 Å². The minimum atomic E-state index is -0.219. The Morgan fingerprint density at radius 1 is 1.14 bits per heavy atom. The molecule has 4 rings (SSSR count). The van der Waals surface area contributed by atoms with Crippen LogP contribution in [-0.4, -0.2) is 11.4 Å². The van der Waals surface area contributed by atoms with Crippen molar-refractivity contribution < 1.29 is 4.79 Å². The van der Waals surface area contributed by atoms with Crippen LogP contribution < -0.4 is 4.90 Å². The van der Waals surface area contributed by atoms with Crippen LogP contribution in [0.4, 0.5) is 5.69 Å². The number of fused-ring (bicyclic) bond motifs is 3. The fraction of sp³-hybridized carbons (Fsp3) is 0.211. The van der Waals surface area contributed by atoms with Crippen molar-refractivity contribution in [2.24, 2.45) is 0 Å². The van der Waals surface area contributed by atoms with Gasteiger partial charge in [0.2, 0.25) is 5.91 Å². The van der Waals surface area contributed by atoms with Crippen molar-refractivity contribution in [2.75, 3.05) is 4.90 Å². The first kappa shape index (κ1) is 13.8. The molecular weight excluding hydrogens is 338 g/mol. The predicted octanol–water partition coefficient (Wildman–Crippen LogP) is 4.78. The van der Waals surface area contributed by atoms with Crippen LogP contribution in [0.5, 0.6) is 0 Å². The van der Waals surface area contributed by atoms with Crippen molar-refractivity contribution in [3.8, 4) is 0 Å². The van der Waals surface area contributed by atoms with Crippen LogP contribution in [0.25, 0.3) is 5.57 Å². The van der Waals surface area contributed by atoms with Gasteiger partial charge in [0.15, 0.2) is 0 Å². The normalized spacial score (nSPS) is 23.1. The molecule has 2 aromatic carbocycles. The quantitative estimate of drug-likeness (QED) is 0.722. The maximum absolute atomic E-state index is 12.4. The minimum Gasteiger partial charge on any atom is -0.302 e. The Morgan fingerprint density at radius 3 is 2.68 bits per heavy atom. The molecule has 2 aliphatic rings. The largest absolute Gasteiger partial charge is 0.302 e. The first-order chi connectivity index (χ1) is 10.6. The third kappa shape index (κ3) is 1.96. The zero-order chi connectivity index (χ0) is 15.3. The topological polar surface area (TPSA) is 20.3 Å². The number of halogens is 1. The second-order valence-corrected chi connectivity index (χ2v) is 7.09. The Bertz CT molecular complexity index is 796. The second kappa shape index (κ2) is 4.82. The van der Waals surface area contributed by atoms with Crippen LogP contribution in [-0.2, 0) is 4.79 Å². The van der Waals surface area contributed by atoms with Crippen molar-refractivity contribution in [3.05, 3.63) is 70.2 Å². The molecule has 3 heteroatoms. The number of anilines is 1. The van der Waals surface area contributed by atoms with Crippen LogP contribution in [0, 0.1) is 0 Å². The van der Waals surface area contributed by atoms with E-state index in [4.69, 9.17) is 0 Å². The lowest BCUT2D eigenvalue weighted by Gasteiger charge is -2.39. The van der Waals surface area contributed by atoms with Gasteiger partial charge in [0.05, 0.1) is 11.2 Å². The molecule has 1 amide bonds. The Hall–Kier alpha value is -1.87. The lowest BCUT2D eigenvalue weighted by Crippen LogP contribution is -2.44. The number of carbonyl (C=O) groups is 1. The third-order valence-electron chi connectivity index (χ3n) is 4.63. The lowest BCUT2D eigenvalue weighted by molar-refractivity contribution is -0.117. The number of benzene rings is 2. The minimum absolute atomic E-state index is 0.217. The first-order valence-corrected chi connectivity index (χ1v) is 8.29. The molecule has 0 radical (unpaired) electrons. The SMILES string of the molecule is CC12C=C(c3ccccc3)c3cc(Br)ccc3N1C(=O)CC2. The summed E-state index contributed by atoms with van der Waals surface area (Å²) in [5.74, 6) is 0.217. The first-order valence-electron chi connectivity index (χ1n) is 7.50. The molecule has 1 fully saturated rings. The molecule has 22 heavy (non-hydrogen) atoms. The van der Waals surface area contributed by atoms with Gasteiger partial charge in [0.25, 0.3) is 0 Å². The van der Waals surface area contributed by atoms with E-state index < -0.39 is 0 Å². The van der Waals surface area contributed by atoms with Crippen LogP contribution in [0.2, 0.25) is 0 Å². The molecule has 2 nitrogen and oxygen atoms in total. The van der Waals surface area contributed by atoms with Gasteiger partial charge >= 0.3 is 0 Å². The smallest absolute Gasteiger partial charge is 0.227 e. The van der Waals surface area contributed by atoms with E-state index in [1.807, 2.05) is 17.0 Å². The molecule has 0 bridgehead atoms. The van der Waals surface area contributed by atoms with Gasteiger partial charge in [-0.2, -0.15) is 0 Å². The molecule has 1 atom stereocenters. The number of rotatable bonds is 1. The van der Waals surface area contributed by atoms with Gasteiger partial charge in [-0.25, -0.2) is 0 Å². The number of amides is 1. The van der Waals surface area contributed by atoms with E-state index in [0.29, 0.717) is 6.42 Å². The average molecular weight is 354 g/mol. The highest BCUT2D eigenvalue weighted by atomic mass is 79.9. The van der Waals surface area contributed by atoms with E-state index in [1.54, 1.807) is 0 Å². The molecule has 0 aliphatic carbocycles. The Balaban J connectivity index is 1.99. The highest BCUT2D eigenvalue weighted by molar-refractivity contribution is 9.10. The van der Waals surface area contributed by atoms with E-state index in [0.717, 1.165) is 22.1 Å². The van der Waals surface area contributed by atoms with Crippen LogP contribution >= 0.6 is 15.9 Å². The maximum atomic E-state index is 12.4. The summed E-state index contributed by atoms with van der Waals surface area (Å²) in [7, 11) is 0. The Morgan fingerprint density at radius 2 is 1.91 bits per heavy atom. The zero-order valence-electron chi connectivity index (χ0n) is 12.3. The highest BCUT2D eigenvalue weighted by Gasteiger charge is 2.44. The van der Waals surface area contributed by atoms with Gasteiger partial charge in [0, 0.05) is 16.5 Å². The lowest BCUT2D eigenvalue weighted by atomic mass is 9.84. The number of carbonyl (C=O) groups excluding carboxylic acids is 1. The van der Waals surface area contributed by atoms with Gasteiger partial charge in [-0.3, -0.25) is 4.79 Å². The number of hydrogen-bond acceptors (Lipinski definition) is 1. The maximum Gasteiger partial charge on any atom is 0.227 e. The highest BCUT2D eigenvalue weighted by Crippen LogP contribution is 2.47. The molecule has 2 aromatic rings. The number of hydrogen-bond donors (Lipinski definition) is 0. The van der Waals surface area contributed by atoms with E-state index in [9.17, 15) is 4.79 Å². The Labute approximate surface area is 138 Å². The summed E-state index contributed by atoms with van der Waals surface area (Å²) in [4.78, 5) is 14.4. The second-order valence-electron chi connectivity index (χ2n) is 6.17. The molecular formula is C19H16BrNO. The molecule has 0 saturated carbocycles. The zero-order valence-corrected chi connectivity index (χ0v) is 13.9. The average Bonchev–Trinajstić information content (AvgIpc) is 2.83. The molecule has 1 unspecified atom stereocenters. The predicted molar refractivity (Wildman–Crippen MR) is 92.8 cm³/mol. The molecule has 2 heterocycles. The summed E-state index contributed by atoms with van der Waals surface area (Å²) in [6.07, 6.45) is 3.75. The molecule has 0 spiro atoms. The van der Waals surface area contributed by atoms with E-state index in [-0.39, 0.29) is 11.4 Å². The summed E-state index contributed by atoms with van der Waals surface area (Å²) in [5, 5.41) is 0. The summed E-state index contributed by atoms with van der Waals surface area (Å²) in [5.41, 5.74) is 4.33. The van der Waals surface area contributed by atoms with E-state index >= 15 is 0 Å². The van der Waals surface area contributed by atoms with Crippen molar-refractivity contribution in [1.82, 2.24) is 0 Å². The van der Waals surface area contributed by atoms with Crippen LogP contribution in [0.15, 0.2) is 59.1 Å². The van der Waals surface area contributed by atoms with Crippen molar-refractivity contribution in [1.29, 1.82) is 0 Å². The molecule has 1 saturated heterocycles. The van der Waals surface area contributed by atoms with Gasteiger partial charge < -0.3 is 4.90 Å². The van der Waals surface area contributed by atoms with Gasteiger partial charge in [-0.1, -0.05) is 52.3 Å². The summed E-state index contributed by atoms with van der Waals surface area (Å²) in [6, 6.07) is 16.6. The van der Waals surface area contributed by atoms with Crippen molar-refractivity contribution in [2.45, 2.75) is 25.3 Å². The van der Waals surface area contributed by atoms with Gasteiger partial charge in [-0.05, 0) is 42.7 Å². The van der Waals surface area contributed by atoms with Crippen LogP contribution in [0.3, 0.4) is 0 Å². The van der Waals surface area contributed by atoms with Crippen LogP contribution in [0.1, 0.15) is 30.9 Å². The van der Waals surface area contributed by atoms with Crippen molar-refractivity contribution >= 4 is 33.1 Å². The fourth-order valence-electron chi connectivity index (χ4n) is 3.58. The van der Waals surface area contributed by atoms with Gasteiger partial charge in [-0.15, -0.1) is 0 Å².